The van der Waals surface area contributed by atoms with E-state index in [0.29, 0.717) is 5.56 Å². The molecule has 0 unspecified atom stereocenters. The van der Waals surface area contributed by atoms with Crippen molar-refractivity contribution >= 4 is 6.29 Å². The summed E-state index contributed by atoms with van der Waals surface area (Å²) in [5.41, 5.74) is 4.41. The molecular weight excluding hydrogens is 344 g/mol. The second-order valence-corrected chi connectivity index (χ2v) is 6.00. The Morgan fingerprint density at radius 3 is 1.68 bits per heavy atom. The number of carbonyl (C=O) groups is 1. The highest BCUT2D eigenvalue weighted by molar-refractivity contribution is 5.57. The number of aryl methyl sites for hydroxylation is 3. The first kappa shape index (κ1) is 25.1. The van der Waals surface area contributed by atoms with Crippen molar-refractivity contribution in [3.05, 3.63) is 101 Å². The molecule has 0 saturated carbocycles. The lowest BCUT2D eigenvalue weighted by Crippen LogP contribution is -1.86. The molecule has 0 fully saturated rings. The van der Waals surface area contributed by atoms with E-state index in [0.717, 1.165) is 18.3 Å². The number of aldehydes is 1. The molecule has 0 aliphatic heterocycles. The average Bonchev–Trinajstić information content (AvgIpc) is 2.74. The smallest absolute Gasteiger partial charge is 0.124 e. The van der Waals surface area contributed by atoms with Crippen LogP contribution >= 0.6 is 0 Å². The molecule has 0 amide bonds. The van der Waals surface area contributed by atoms with Crippen molar-refractivity contribution < 1.29 is 9.90 Å². The van der Waals surface area contributed by atoms with Crippen LogP contribution in [0.3, 0.4) is 0 Å². The van der Waals surface area contributed by atoms with E-state index in [-0.39, 0.29) is 12.2 Å². The van der Waals surface area contributed by atoms with Gasteiger partial charge in [0.2, 0.25) is 0 Å². The van der Waals surface area contributed by atoms with Gasteiger partial charge in [-0.3, -0.25) is 0 Å². The van der Waals surface area contributed by atoms with Gasteiger partial charge in [0, 0.05) is 12.0 Å². The topological polar surface area (TPSA) is 37.3 Å². The lowest BCUT2D eigenvalue weighted by Gasteiger charge is -2.00. The minimum atomic E-state index is 0.206. The number of benzene rings is 3. The Morgan fingerprint density at radius 2 is 1.32 bits per heavy atom. The summed E-state index contributed by atoms with van der Waals surface area (Å²) in [5, 5.41) is 9.26. The zero-order chi connectivity index (χ0) is 21.2. The van der Waals surface area contributed by atoms with Gasteiger partial charge in [0.15, 0.2) is 0 Å². The fourth-order valence-electron chi connectivity index (χ4n) is 2.18. The lowest BCUT2D eigenvalue weighted by atomic mass is 10.1. The van der Waals surface area contributed by atoms with Crippen LogP contribution in [0.4, 0.5) is 0 Å². The quantitative estimate of drug-likeness (QED) is 0.514. The molecule has 3 rings (SSSR count). The fraction of sp³-hybridized carbons (Fsp3) is 0.269. The third kappa shape index (κ3) is 11.7. The summed E-state index contributed by atoms with van der Waals surface area (Å²) in [5.74, 6) is 0.206. The molecule has 0 radical (unpaired) electrons. The molecule has 3 aromatic carbocycles. The molecule has 0 bridgehead atoms. The number of aromatic hydroxyl groups is 1. The third-order valence-corrected chi connectivity index (χ3v) is 3.74. The van der Waals surface area contributed by atoms with Crippen LogP contribution in [-0.2, 0) is 17.6 Å². The predicted molar refractivity (Wildman–Crippen MR) is 121 cm³/mol. The first-order valence-electron chi connectivity index (χ1n) is 9.84. The molecule has 0 aromatic heterocycles. The van der Waals surface area contributed by atoms with E-state index in [1.165, 1.54) is 11.1 Å². The zero-order valence-corrected chi connectivity index (χ0v) is 17.9. The molecule has 1 N–H and O–H groups in total. The van der Waals surface area contributed by atoms with Crippen LogP contribution in [0.2, 0.25) is 0 Å². The Bertz CT molecular complexity index is 750. The molecule has 3 aromatic rings. The molecule has 0 aliphatic carbocycles. The maximum atomic E-state index is 10.1. The lowest BCUT2D eigenvalue weighted by molar-refractivity contribution is -0.107. The molecule has 0 spiro atoms. The van der Waals surface area contributed by atoms with Gasteiger partial charge in [0.05, 0.1) is 0 Å². The molecule has 0 aliphatic rings. The van der Waals surface area contributed by atoms with Gasteiger partial charge < -0.3 is 9.90 Å². The fourth-order valence-corrected chi connectivity index (χ4v) is 2.18. The van der Waals surface area contributed by atoms with Crippen molar-refractivity contribution in [2.75, 3.05) is 0 Å². The predicted octanol–water partition coefficient (Wildman–Crippen LogP) is 6.71. The summed E-state index contributed by atoms with van der Waals surface area (Å²) in [4.78, 5) is 10.1. The Kier molecular flexibility index (Phi) is 14.6. The SMILES string of the molecule is CC.CCc1ccccc1.Cc1ccc(CC=O)c(O)c1.Cc1ccccc1. The van der Waals surface area contributed by atoms with E-state index >= 15 is 0 Å². The van der Waals surface area contributed by atoms with Crippen LogP contribution in [0, 0.1) is 13.8 Å². The van der Waals surface area contributed by atoms with Crippen LogP contribution in [0.15, 0.2) is 78.9 Å². The third-order valence-electron chi connectivity index (χ3n) is 3.74. The van der Waals surface area contributed by atoms with Crippen molar-refractivity contribution in [3.63, 3.8) is 0 Å². The average molecular weight is 379 g/mol. The van der Waals surface area contributed by atoms with E-state index in [9.17, 15) is 9.90 Å². The Hall–Kier alpha value is -2.87. The minimum Gasteiger partial charge on any atom is -0.508 e. The molecule has 2 nitrogen and oxygen atoms in total. The summed E-state index contributed by atoms with van der Waals surface area (Å²) in [6.07, 6.45) is 2.21. The Balaban J connectivity index is 0.000000383. The van der Waals surface area contributed by atoms with Crippen LogP contribution in [0.1, 0.15) is 43.0 Å². The zero-order valence-electron chi connectivity index (χ0n) is 17.9. The van der Waals surface area contributed by atoms with Crippen molar-refractivity contribution in [1.29, 1.82) is 0 Å². The van der Waals surface area contributed by atoms with E-state index in [4.69, 9.17) is 0 Å². The van der Waals surface area contributed by atoms with E-state index in [1.807, 2.05) is 51.1 Å². The van der Waals surface area contributed by atoms with E-state index in [1.54, 1.807) is 12.1 Å². The Labute approximate surface area is 170 Å². The minimum absolute atomic E-state index is 0.206. The van der Waals surface area contributed by atoms with Crippen LogP contribution in [0.5, 0.6) is 5.75 Å². The first-order chi connectivity index (χ1) is 13.6. The second-order valence-electron chi connectivity index (χ2n) is 6.00. The van der Waals surface area contributed by atoms with Crippen LogP contribution in [0.25, 0.3) is 0 Å². The standard InChI is InChI=1S/C9H10O2.C8H10.C7H8.C2H6/c1-7-2-3-8(4-5-10)9(11)6-7;1-2-8-6-4-3-5-7-8;1-7-5-3-2-4-6-7;1-2/h2-3,5-6,11H,4H2,1H3;3-7H,2H2,1H3;2-6H,1H3;1-2H3. The van der Waals surface area contributed by atoms with Gasteiger partial charge >= 0.3 is 0 Å². The molecule has 28 heavy (non-hydrogen) atoms. The summed E-state index contributed by atoms with van der Waals surface area (Å²) >= 11 is 0. The molecule has 0 heterocycles. The van der Waals surface area contributed by atoms with Gasteiger partial charge in [-0.05, 0) is 37.5 Å². The number of carbonyl (C=O) groups excluding carboxylic acids is 1. The summed E-state index contributed by atoms with van der Waals surface area (Å²) in [6, 6.07) is 26.0. The van der Waals surface area contributed by atoms with Crippen molar-refractivity contribution in [3.8, 4) is 5.75 Å². The Morgan fingerprint density at radius 1 is 0.786 bits per heavy atom. The van der Waals surface area contributed by atoms with Crippen molar-refractivity contribution in [2.24, 2.45) is 0 Å². The maximum Gasteiger partial charge on any atom is 0.124 e. The molecule has 0 saturated heterocycles. The molecule has 0 atom stereocenters. The largest absolute Gasteiger partial charge is 0.508 e. The van der Waals surface area contributed by atoms with Crippen molar-refractivity contribution in [2.45, 2.75) is 47.5 Å². The van der Waals surface area contributed by atoms with Crippen LogP contribution in [-0.4, -0.2) is 11.4 Å². The van der Waals surface area contributed by atoms with E-state index in [2.05, 4.69) is 50.2 Å². The molecule has 2 heteroatoms. The highest BCUT2D eigenvalue weighted by Gasteiger charge is 1.98. The van der Waals surface area contributed by atoms with Crippen molar-refractivity contribution in [1.82, 2.24) is 0 Å². The maximum absolute atomic E-state index is 10.1. The van der Waals surface area contributed by atoms with E-state index < -0.39 is 0 Å². The van der Waals surface area contributed by atoms with Gasteiger partial charge in [-0.15, -0.1) is 0 Å². The normalized spacial score (nSPS) is 8.75. The summed E-state index contributed by atoms with van der Waals surface area (Å²) in [7, 11) is 0. The number of phenolic OH excluding ortho intramolecular Hbond substituents is 1. The summed E-state index contributed by atoms with van der Waals surface area (Å²) in [6.45, 7) is 10.1. The summed E-state index contributed by atoms with van der Waals surface area (Å²) < 4.78 is 0. The number of phenols is 1. The van der Waals surface area contributed by atoms with Gasteiger partial charge in [-0.2, -0.15) is 0 Å². The first-order valence-corrected chi connectivity index (χ1v) is 9.84. The van der Waals surface area contributed by atoms with Gasteiger partial charge in [-0.25, -0.2) is 0 Å². The number of rotatable bonds is 3. The van der Waals surface area contributed by atoms with Crippen LogP contribution < -0.4 is 0 Å². The van der Waals surface area contributed by atoms with Gasteiger partial charge in [0.1, 0.15) is 12.0 Å². The second kappa shape index (κ2) is 16.3. The van der Waals surface area contributed by atoms with Gasteiger partial charge in [0.25, 0.3) is 0 Å². The monoisotopic (exact) mass is 378 g/mol. The molecule has 150 valence electrons. The number of hydrogen-bond acceptors (Lipinski definition) is 2. The highest BCUT2D eigenvalue weighted by Crippen LogP contribution is 2.17. The highest BCUT2D eigenvalue weighted by atomic mass is 16.3. The van der Waals surface area contributed by atoms with Gasteiger partial charge in [-0.1, -0.05) is 99.1 Å². The number of hydrogen-bond donors (Lipinski definition) is 1. The molecular formula is C26H34O2.